The van der Waals surface area contributed by atoms with Crippen LogP contribution in [0.1, 0.15) is 12.8 Å². The van der Waals surface area contributed by atoms with E-state index >= 15 is 0 Å². The molecule has 3 rings (SSSR count). The minimum atomic E-state index is -5.06. The standard InChI is InChI=1S/C17H29B3O14P2/c1-26-5-10-9(4-14(19)30-10)33-35(22,23)29-7-12-16(15(21)17(20)32-12)34-36(24,25)28-6-11-8(27-2)3-13(18)31-11/h8-17,21H,3-7H2,1-2H3,(H,22,23)(H,24,25)/p-2. The Morgan fingerprint density at radius 3 is 1.94 bits per heavy atom. The highest BCUT2D eigenvalue weighted by molar-refractivity contribution is 7.46. The number of ether oxygens (including phenoxy) is 5. The molecule has 0 amide bonds. The molecule has 1 N–H and O–H groups in total. The second-order valence-electron chi connectivity index (χ2n) is 8.46. The van der Waals surface area contributed by atoms with Gasteiger partial charge in [0.05, 0.1) is 32.0 Å². The highest BCUT2D eigenvalue weighted by Gasteiger charge is 2.45. The van der Waals surface area contributed by atoms with E-state index in [2.05, 4.69) is 0 Å². The summed E-state index contributed by atoms with van der Waals surface area (Å²) in [5.74, 6) is 0. The average Bonchev–Trinajstić information content (AvgIpc) is 3.41. The van der Waals surface area contributed by atoms with Gasteiger partial charge < -0.3 is 56.7 Å². The van der Waals surface area contributed by atoms with Gasteiger partial charge in [-0.05, 0) is 12.8 Å². The zero-order valence-corrected chi connectivity index (χ0v) is 21.5. The maximum absolute atomic E-state index is 12.4. The molecule has 12 unspecified atom stereocenters. The molecule has 14 nitrogen and oxygen atoms in total. The summed E-state index contributed by atoms with van der Waals surface area (Å²) >= 11 is 0. The molecule has 3 aliphatic heterocycles. The Morgan fingerprint density at radius 1 is 0.833 bits per heavy atom. The van der Waals surface area contributed by atoms with Crippen LogP contribution >= 0.6 is 15.6 Å². The van der Waals surface area contributed by atoms with E-state index in [0.29, 0.717) is 6.42 Å². The number of phosphoric acid groups is 2. The maximum Gasteiger partial charge on any atom is 0.268 e. The van der Waals surface area contributed by atoms with Gasteiger partial charge in [0.15, 0.2) is 0 Å². The van der Waals surface area contributed by atoms with E-state index < -0.39 is 89.6 Å². The van der Waals surface area contributed by atoms with Crippen molar-refractivity contribution in [3.63, 3.8) is 0 Å². The Morgan fingerprint density at radius 2 is 1.36 bits per heavy atom. The number of phosphoric ester groups is 2. The molecule has 200 valence electrons. The molecule has 3 fully saturated rings. The Bertz CT molecular complexity index is 813. The Labute approximate surface area is 213 Å². The van der Waals surface area contributed by atoms with Crippen LogP contribution in [0.4, 0.5) is 0 Å². The summed E-state index contributed by atoms with van der Waals surface area (Å²) in [4.78, 5) is 24.8. The van der Waals surface area contributed by atoms with Crippen molar-refractivity contribution in [2.24, 2.45) is 0 Å². The van der Waals surface area contributed by atoms with E-state index in [4.69, 9.17) is 65.3 Å². The summed E-state index contributed by atoms with van der Waals surface area (Å²) in [6, 6.07) is -2.80. The molecule has 12 atom stereocenters. The lowest BCUT2D eigenvalue weighted by atomic mass is 9.93. The fraction of sp³-hybridized carbons (Fsp3) is 1.00. The van der Waals surface area contributed by atoms with Crippen LogP contribution in [0.5, 0.6) is 0 Å². The zero-order valence-electron chi connectivity index (χ0n) is 19.7. The molecular formula is C17H27B3O14P2-2. The van der Waals surface area contributed by atoms with Crippen molar-refractivity contribution in [3.05, 3.63) is 0 Å². The van der Waals surface area contributed by atoms with Crippen molar-refractivity contribution in [3.8, 4) is 0 Å². The van der Waals surface area contributed by atoms with Crippen LogP contribution in [0.3, 0.4) is 0 Å². The van der Waals surface area contributed by atoms with Gasteiger partial charge in [0.25, 0.3) is 15.6 Å². The fourth-order valence-electron chi connectivity index (χ4n) is 4.05. The van der Waals surface area contributed by atoms with Gasteiger partial charge in [0, 0.05) is 32.2 Å². The topological polar surface area (TPSA) is 184 Å². The van der Waals surface area contributed by atoms with Crippen LogP contribution in [0.2, 0.25) is 0 Å². The molecule has 0 aromatic carbocycles. The van der Waals surface area contributed by atoms with Gasteiger partial charge in [-0.3, -0.25) is 9.13 Å². The van der Waals surface area contributed by atoms with Crippen LogP contribution in [0.15, 0.2) is 0 Å². The first-order chi connectivity index (χ1) is 16.8. The summed E-state index contributed by atoms with van der Waals surface area (Å²) < 4.78 is 70.5. The third-order valence-corrected chi connectivity index (χ3v) is 7.73. The van der Waals surface area contributed by atoms with Crippen molar-refractivity contribution in [1.29, 1.82) is 0 Å². The molecule has 0 aromatic heterocycles. The Kier molecular flexibility index (Phi) is 11.1. The fourth-order valence-corrected chi connectivity index (χ4v) is 5.94. The summed E-state index contributed by atoms with van der Waals surface area (Å²) in [7, 11) is 9.76. The van der Waals surface area contributed by atoms with Gasteiger partial charge in [-0.1, -0.05) is 0 Å². The number of hydrogen-bond acceptors (Lipinski definition) is 14. The normalized spacial score (nSPS) is 42.4. The zero-order chi connectivity index (χ0) is 26.7. The lowest BCUT2D eigenvalue weighted by Gasteiger charge is -2.32. The summed E-state index contributed by atoms with van der Waals surface area (Å²) in [6.45, 7) is -1.22. The van der Waals surface area contributed by atoms with Gasteiger partial charge in [-0.25, -0.2) is 0 Å². The third kappa shape index (κ3) is 8.34. The molecule has 0 aromatic rings. The molecule has 0 saturated carbocycles. The van der Waals surface area contributed by atoms with Crippen molar-refractivity contribution < 1.29 is 65.8 Å². The van der Waals surface area contributed by atoms with Gasteiger partial charge in [0.1, 0.15) is 54.1 Å². The maximum atomic E-state index is 12.4. The van der Waals surface area contributed by atoms with Gasteiger partial charge in [-0.15, -0.1) is 0 Å². The first-order valence-electron chi connectivity index (χ1n) is 11.0. The molecule has 3 heterocycles. The van der Waals surface area contributed by atoms with E-state index in [1.807, 2.05) is 0 Å². The molecule has 3 saturated heterocycles. The van der Waals surface area contributed by atoms with E-state index in [0.717, 1.165) is 0 Å². The SMILES string of the molecule is [B]C1CC(OC)C(COP(=O)([O-])OC2C(COP(=O)([O-])OC3CC([B])OC3COC)OC([B])C2O)O1. The third-order valence-electron chi connectivity index (χ3n) is 5.77. The van der Waals surface area contributed by atoms with Crippen LogP contribution in [-0.4, -0.2) is 123 Å². The lowest BCUT2D eigenvalue weighted by molar-refractivity contribution is -0.239. The quantitative estimate of drug-likeness (QED) is 0.184. The average molecular weight is 550 g/mol. The molecule has 19 heteroatoms. The molecule has 0 bridgehead atoms. The highest BCUT2D eigenvalue weighted by atomic mass is 31.2. The molecule has 3 aliphatic rings. The second kappa shape index (κ2) is 13.0. The van der Waals surface area contributed by atoms with E-state index in [1.54, 1.807) is 0 Å². The molecule has 0 aliphatic carbocycles. The minimum absolute atomic E-state index is 0.0306. The van der Waals surface area contributed by atoms with Crippen molar-refractivity contribution >= 4 is 39.2 Å². The Hall–Kier alpha value is 0.175. The van der Waals surface area contributed by atoms with E-state index in [1.165, 1.54) is 14.2 Å². The van der Waals surface area contributed by atoms with Crippen LogP contribution in [0, 0.1) is 0 Å². The smallest absolute Gasteiger partial charge is 0.268 e. The van der Waals surface area contributed by atoms with Crippen molar-refractivity contribution in [1.82, 2.24) is 0 Å². The molecule has 0 spiro atoms. The van der Waals surface area contributed by atoms with E-state index in [-0.39, 0.29) is 13.0 Å². The van der Waals surface area contributed by atoms with Gasteiger partial charge in [0.2, 0.25) is 0 Å². The van der Waals surface area contributed by atoms with Crippen molar-refractivity contribution in [2.45, 2.75) is 73.6 Å². The predicted molar refractivity (Wildman–Crippen MR) is 118 cm³/mol. The van der Waals surface area contributed by atoms with Crippen molar-refractivity contribution in [2.75, 3.05) is 34.0 Å². The monoisotopic (exact) mass is 550 g/mol. The molecule has 6 radical (unpaired) electrons. The largest absolute Gasteiger partial charge is 0.756 e. The first kappa shape index (κ1) is 30.7. The molecular weight excluding hydrogens is 523 g/mol. The van der Waals surface area contributed by atoms with E-state index in [9.17, 15) is 24.0 Å². The molecule has 36 heavy (non-hydrogen) atoms. The second-order valence-corrected chi connectivity index (χ2v) is 11.2. The summed E-state index contributed by atoms with van der Waals surface area (Å²) in [5, 5.41) is 10.2. The predicted octanol–water partition coefficient (Wildman–Crippen LogP) is -2.79. The number of aliphatic hydroxyl groups is 1. The van der Waals surface area contributed by atoms with Crippen LogP contribution < -0.4 is 9.79 Å². The summed E-state index contributed by atoms with van der Waals surface area (Å²) in [5.41, 5.74) is 0. The lowest BCUT2D eigenvalue weighted by Crippen LogP contribution is -2.38. The van der Waals surface area contributed by atoms with Gasteiger partial charge >= 0.3 is 0 Å². The minimum Gasteiger partial charge on any atom is -0.756 e. The van der Waals surface area contributed by atoms with Gasteiger partial charge in [-0.2, -0.15) is 0 Å². The first-order valence-corrected chi connectivity index (χ1v) is 14.0. The van der Waals surface area contributed by atoms with Crippen LogP contribution in [-0.2, 0) is 50.9 Å². The number of hydrogen-bond donors (Lipinski definition) is 1. The Balaban J connectivity index is 1.55. The number of rotatable bonds is 13. The highest BCUT2D eigenvalue weighted by Crippen LogP contribution is 2.46. The number of methoxy groups -OCH3 is 2. The summed E-state index contributed by atoms with van der Waals surface area (Å²) in [6.07, 6.45) is -7.29. The van der Waals surface area contributed by atoms with Crippen LogP contribution in [0.25, 0.3) is 0 Å². The number of aliphatic hydroxyl groups excluding tert-OH is 1.